The van der Waals surface area contributed by atoms with Gasteiger partial charge in [-0.1, -0.05) is 35.9 Å². The van der Waals surface area contributed by atoms with Crippen LogP contribution in [0.5, 0.6) is 0 Å². The van der Waals surface area contributed by atoms with E-state index in [-0.39, 0.29) is 5.56 Å². The maximum Gasteiger partial charge on any atom is 0.335 e. The molecule has 0 aliphatic rings. The summed E-state index contributed by atoms with van der Waals surface area (Å²) >= 11 is 6.39. The topological polar surface area (TPSA) is 67.7 Å². The molecule has 0 unspecified atom stereocenters. The number of halogens is 1. The van der Waals surface area contributed by atoms with Crippen molar-refractivity contribution < 1.29 is 14.3 Å². The highest BCUT2D eigenvalue weighted by atomic mass is 35.5. The van der Waals surface area contributed by atoms with Crippen LogP contribution in [0.25, 0.3) is 28.4 Å². The Bertz CT molecular complexity index is 1090. The number of nitrogens with zero attached hydrogens (tertiary/aromatic N) is 2. The molecule has 0 fully saturated rings. The van der Waals surface area contributed by atoms with E-state index in [1.54, 1.807) is 36.7 Å². The van der Waals surface area contributed by atoms with Crippen LogP contribution < -0.4 is 0 Å². The van der Waals surface area contributed by atoms with Crippen LogP contribution in [0.4, 0.5) is 0 Å². The van der Waals surface area contributed by atoms with E-state index in [0.29, 0.717) is 22.3 Å². The lowest BCUT2D eigenvalue weighted by Crippen LogP contribution is -1.95. The summed E-state index contributed by atoms with van der Waals surface area (Å²) < 4.78 is 7.42. The maximum absolute atomic E-state index is 11.0. The molecule has 0 spiro atoms. The maximum atomic E-state index is 11.0. The summed E-state index contributed by atoms with van der Waals surface area (Å²) in [5.74, 6) is -0.303. The van der Waals surface area contributed by atoms with Gasteiger partial charge in [0.15, 0.2) is 0 Å². The minimum atomic E-state index is -0.963. The van der Waals surface area contributed by atoms with Gasteiger partial charge in [0.05, 0.1) is 10.6 Å². The molecule has 0 atom stereocenters. The number of hydrogen-bond acceptors (Lipinski definition) is 3. The molecule has 0 aliphatic carbocycles. The smallest absolute Gasteiger partial charge is 0.335 e. The number of aromatic carboxylic acids is 1. The zero-order valence-corrected chi connectivity index (χ0v) is 14.0. The van der Waals surface area contributed by atoms with Gasteiger partial charge in [-0.05, 0) is 30.7 Å². The summed E-state index contributed by atoms with van der Waals surface area (Å²) in [4.78, 5) is 15.7. The standard InChI is InChI=1S/C19H13ClN2O3/c1-11-2-7-14(15(20)10-11)16-18-22(8-9-25-18)17(21-16)12-3-5-13(6-4-12)19(23)24/h2-10H,1H3,(H,23,24). The molecule has 0 amide bonds. The van der Waals surface area contributed by atoms with E-state index >= 15 is 0 Å². The van der Waals surface area contributed by atoms with Gasteiger partial charge < -0.3 is 9.52 Å². The first-order valence-electron chi connectivity index (χ1n) is 7.60. The van der Waals surface area contributed by atoms with Gasteiger partial charge in [-0.15, -0.1) is 0 Å². The number of hydrogen-bond donors (Lipinski definition) is 1. The lowest BCUT2D eigenvalue weighted by atomic mass is 10.1. The molecule has 2 aromatic carbocycles. The molecule has 0 saturated heterocycles. The predicted molar refractivity (Wildman–Crippen MR) is 95.0 cm³/mol. The van der Waals surface area contributed by atoms with E-state index in [1.165, 1.54) is 0 Å². The van der Waals surface area contributed by atoms with Crippen LogP contribution in [0.15, 0.2) is 59.3 Å². The molecule has 0 saturated carbocycles. The molecular weight excluding hydrogens is 340 g/mol. The Labute approximate surface area is 148 Å². The highest BCUT2D eigenvalue weighted by Crippen LogP contribution is 2.34. The third-order valence-electron chi connectivity index (χ3n) is 4.03. The summed E-state index contributed by atoms with van der Waals surface area (Å²) in [6, 6.07) is 12.3. The second-order valence-corrected chi connectivity index (χ2v) is 6.14. The summed E-state index contributed by atoms with van der Waals surface area (Å²) in [6.45, 7) is 1.97. The second-order valence-electron chi connectivity index (χ2n) is 5.73. The lowest BCUT2D eigenvalue weighted by molar-refractivity contribution is 0.0697. The molecule has 0 aliphatic heterocycles. The zero-order valence-electron chi connectivity index (χ0n) is 13.2. The number of carboxylic acid groups (broad SMARTS) is 1. The summed E-state index contributed by atoms with van der Waals surface area (Å²) in [5.41, 5.74) is 4.10. The van der Waals surface area contributed by atoms with Gasteiger partial charge in [0.25, 0.3) is 0 Å². The average molecular weight is 353 g/mol. The fraction of sp³-hybridized carbons (Fsp3) is 0.0526. The van der Waals surface area contributed by atoms with Crippen LogP contribution in [-0.4, -0.2) is 20.5 Å². The van der Waals surface area contributed by atoms with Crippen molar-refractivity contribution in [2.45, 2.75) is 6.92 Å². The third-order valence-corrected chi connectivity index (χ3v) is 4.34. The Balaban J connectivity index is 1.89. The molecular formula is C19H13ClN2O3. The van der Waals surface area contributed by atoms with Gasteiger partial charge in [0, 0.05) is 17.3 Å². The Morgan fingerprint density at radius 3 is 2.64 bits per heavy atom. The van der Waals surface area contributed by atoms with Crippen LogP contribution in [0.2, 0.25) is 5.02 Å². The van der Waals surface area contributed by atoms with Crippen molar-refractivity contribution in [1.29, 1.82) is 0 Å². The number of aryl methyl sites for hydroxylation is 1. The number of carbonyl (C=O) groups is 1. The van der Waals surface area contributed by atoms with Crippen LogP contribution >= 0.6 is 11.6 Å². The highest BCUT2D eigenvalue weighted by molar-refractivity contribution is 6.33. The molecule has 124 valence electrons. The number of aromatic nitrogens is 2. The van der Waals surface area contributed by atoms with E-state index in [9.17, 15) is 4.79 Å². The van der Waals surface area contributed by atoms with Crippen molar-refractivity contribution in [2.24, 2.45) is 0 Å². The van der Waals surface area contributed by atoms with Crippen molar-refractivity contribution in [3.8, 4) is 22.6 Å². The minimum Gasteiger partial charge on any atom is -0.478 e. The molecule has 4 rings (SSSR count). The first-order valence-corrected chi connectivity index (χ1v) is 7.98. The highest BCUT2D eigenvalue weighted by Gasteiger charge is 2.19. The van der Waals surface area contributed by atoms with E-state index in [1.807, 2.05) is 29.5 Å². The largest absolute Gasteiger partial charge is 0.478 e. The van der Waals surface area contributed by atoms with Gasteiger partial charge in [-0.25, -0.2) is 9.78 Å². The fourth-order valence-corrected chi connectivity index (χ4v) is 3.10. The zero-order chi connectivity index (χ0) is 17.6. The van der Waals surface area contributed by atoms with E-state index < -0.39 is 5.97 Å². The molecule has 2 heterocycles. The van der Waals surface area contributed by atoms with Crippen molar-refractivity contribution >= 4 is 23.3 Å². The van der Waals surface area contributed by atoms with Crippen molar-refractivity contribution in [2.75, 3.05) is 0 Å². The number of oxazole rings is 1. The molecule has 4 aromatic rings. The minimum absolute atomic E-state index is 0.227. The van der Waals surface area contributed by atoms with Crippen molar-refractivity contribution in [1.82, 2.24) is 9.38 Å². The van der Waals surface area contributed by atoms with Gasteiger partial charge >= 0.3 is 5.97 Å². The molecule has 5 nitrogen and oxygen atoms in total. The fourth-order valence-electron chi connectivity index (χ4n) is 2.78. The second kappa shape index (κ2) is 5.79. The van der Waals surface area contributed by atoms with E-state index in [0.717, 1.165) is 16.7 Å². The van der Waals surface area contributed by atoms with Gasteiger partial charge in [-0.2, -0.15) is 0 Å². The van der Waals surface area contributed by atoms with Crippen molar-refractivity contribution in [3.63, 3.8) is 0 Å². The molecule has 0 bridgehead atoms. The molecule has 6 heteroatoms. The van der Waals surface area contributed by atoms with Gasteiger partial charge in [0.1, 0.15) is 17.8 Å². The number of fused-ring (bicyclic) bond motifs is 1. The Hall–Kier alpha value is -3.05. The molecule has 2 aromatic heterocycles. The first-order chi connectivity index (χ1) is 12.0. The van der Waals surface area contributed by atoms with Crippen LogP contribution in [0.1, 0.15) is 15.9 Å². The SMILES string of the molecule is Cc1ccc(-c2nc(-c3ccc(C(=O)O)cc3)n3ccoc23)c(Cl)c1. The summed E-state index contributed by atoms with van der Waals surface area (Å²) in [5, 5.41) is 9.64. The van der Waals surface area contributed by atoms with Gasteiger partial charge in [-0.3, -0.25) is 4.40 Å². The van der Waals surface area contributed by atoms with Crippen LogP contribution in [-0.2, 0) is 0 Å². The summed E-state index contributed by atoms with van der Waals surface area (Å²) in [6.07, 6.45) is 3.35. The van der Waals surface area contributed by atoms with Crippen LogP contribution in [0, 0.1) is 6.92 Å². The Morgan fingerprint density at radius 1 is 1.20 bits per heavy atom. The number of imidazole rings is 1. The van der Waals surface area contributed by atoms with Gasteiger partial charge in [0.2, 0.25) is 5.71 Å². The Morgan fingerprint density at radius 2 is 1.96 bits per heavy atom. The molecule has 1 N–H and O–H groups in total. The molecule has 0 radical (unpaired) electrons. The Kier molecular flexibility index (Phi) is 3.58. The van der Waals surface area contributed by atoms with E-state index in [4.69, 9.17) is 26.1 Å². The lowest BCUT2D eigenvalue weighted by Gasteiger charge is -2.02. The number of carboxylic acids is 1. The van der Waals surface area contributed by atoms with E-state index in [2.05, 4.69) is 0 Å². The first kappa shape index (κ1) is 15.5. The molecule has 25 heavy (non-hydrogen) atoms. The third kappa shape index (κ3) is 2.58. The van der Waals surface area contributed by atoms with Crippen molar-refractivity contribution in [3.05, 3.63) is 71.1 Å². The quantitative estimate of drug-likeness (QED) is 0.568. The normalized spacial score (nSPS) is 11.1. The number of benzene rings is 2. The predicted octanol–water partition coefficient (Wildman–Crippen LogP) is 4.92. The van der Waals surface area contributed by atoms with Crippen LogP contribution in [0.3, 0.4) is 0 Å². The average Bonchev–Trinajstić information content (AvgIpc) is 3.18. The monoisotopic (exact) mass is 352 g/mol. The number of rotatable bonds is 3. The summed E-state index contributed by atoms with van der Waals surface area (Å²) in [7, 11) is 0.